The summed E-state index contributed by atoms with van der Waals surface area (Å²) in [4.78, 5) is 16.7. The second-order valence-electron chi connectivity index (χ2n) is 7.29. The fourth-order valence-corrected chi connectivity index (χ4v) is 3.32. The third-order valence-corrected chi connectivity index (χ3v) is 5.01. The van der Waals surface area contributed by atoms with Crippen LogP contribution >= 0.6 is 0 Å². The molecule has 0 saturated heterocycles. The van der Waals surface area contributed by atoms with Crippen molar-refractivity contribution in [2.24, 2.45) is 0 Å². The molecule has 1 amide bonds. The highest BCUT2D eigenvalue weighted by Crippen LogP contribution is 2.19. The molecule has 0 spiro atoms. The molecule has 1 aromatic heterocycles. The quantitative estimate of drug-likeness (QED) is 0.483. The zero-order chi connectivity index (χ0) is 20.1. The Morgan fingerprint density at radius 1 is 0.966 bits per heavy atom. The van der Waals surface area contributed by atoms with Gasteiger partial charge in [-0.1, -0.05) is 60.2 Å². The predicted octanol–water partition coefficient (Wildman–Crippen LogP) is 5.09. The molecule has 0 aliphatic rings. The number of carbonyl (C=O) groups excluding carboxylic acids is 1. The molecule has 4 rings (SSSR count). The van der Waals surface area contributed by atoms with Crippen LogP contribution in [0.1, 0.15) is 23.2 Å². The van der Waals surface area contributed by atoms with Crippen molar-refractivity contribution < 1.29 is 9.21 Å². The van der Waals surface area contributed by atoms with E-state index in [1.54, 1.807) is 6.26 Å². The SMILES string of the molecule is Cc1ccc(-c2nc(CCNC(=O)CCc3ccc4ccccc4c3)co2)cc1. The van der Waals surface area contributed by atoms with E-state index in [0.717, 1.165) is 17.7 Å². The van der Waals surface area contributed by atoms with Gasteiger partial charge in [-0.3, -0.25) is 4.79 Å². The molecule has 146 valence electrons. The number of amides is 1. The molecule has 1 N–H and O–H groups in total. The number of benzene rings is 3. The van der Waals surface area contributed by atoms with Crippen molar-refractivity contribution >= 4 is 16.7 Å². The van der Waals surface area contributed by atoms with E-state index in [2.05, 4.69) is 40.6 Å². The first-order chi connectivity index (χ1) is 14.2. The summed E-state index contributed by atoms with van der Waals surface area (Å²) < 4.78 is 5.56. The Hall–Kier alpha value is -3.40. The van der Waals surface area contributed by atoms with Crippen molar-refractivity contribution in [1.82, 2.24) is 10.3 Å². The molecule has 29 heavy (non-hydrogen) atoms. The third kappa shape index (κ3) is 4.91. The smallest absolute Gasteiger partial charge is 0.226 e. The average Bonchev–Trinajstić information content (AvgIpc) is 3.21. The molecule has 0 saturated carbocycles. The van der Waals surface area contributed by atoms with Gasteiger partial charge in [0.1, 0.15) is 6.26 Å². The maximum absolute atomic E-state index is 12.2. The summed E-state index contributed by atoms with van der Waals surface area (Å²) in [7, 11) is 0. The molecule has 4 heteroatoms. The van der Waals surface area contributed by atoms with Gasteiger partial charge in [-0.2, -0.15) is 0 Å². The minimum absolute atomic E-state index is 0.0559. The summed E-state index contributed by atoms with van der Waals surface area (Å²) in [6, 6.07) is 22.7. The van der Waals surface area contributed by atoms with Gasteiger partial charge in [0, 0.05) is 24.9 Å². The summed E-state index contributed by atoms with van der Waals surface area (Å²) in [6.45, 7) is 2.60. The van der Waals surface area contributed by atoms with Crippen LogP contribution in [0, 0.1) is 6.92 Å². The largest absolute Gasteiger partial charge is 0.444 e. The summed E-state index contributed by atoms with van der Waals surface area (Å²) >= 11 is 0. The summed E-state index contributed by atoms with van der Waals surface area (Å²) in [5.74, 6) is 0.669. The predicted molar refractivity (Wildman–Crippen MR) is 116 cm³/mol. The number of oxazole rings is 1. The molecule has 0 aliphatic carbocycles. The number of aryl methyl sites for hydroxylation is 2. The second kappa shape index (κ2) is 8.74. The maximum Gasteiger partial charge on any atom is 0.226 e. The standard InChI is InChI=1S/C25H24N2O2/c1-18-6-10-21(11-7-18)25-27-23(17-29-25)14-15-26-24(28)13-9-19-8-12-20-4-2-3-5-22(20)16-19/h2-8,10-12,16-17H,9,13-15H2,1H3,(H,26,28). The van der Waals surface area contributed by atoms with Crippen LogP contribution in [0.15, 0.2) is 77.4 Å². The van der Waals surface area contributed by atoms with Crippen LogP contribution in [0.25, 0.3) is 22.2 Å². The van der Waals surface area contributed by atoms with Gasteiger partial charge in [0.05, 0.1) is 5.69 Å². The molecular weight excluding hydrogens is 360 g/mol. The fraction of sp³-hybridized carbons (Fsp3) is 0.200. The summed E-state index contributed by atoms with van der Waals surface area (Å²) in [6.07, 6.45) is 3.53. The molecule has 1 heterocycles. The number of aromatic nitrogens is 1. The van der Waals surface area contributed by atoms with E-state index in [4.69, 9.17) is 4.42 Å². The molecule has 4 nitrogen and oxygen atoms in total. The molecule has 0 unspecified atom stereocenters. The van der Waals surface area contributed by atoms with Crippen LogP contribution < -0.4 is 5.32 Å². The van der Waals surface area contributed by atoms with E-state index in [1.165, 1.54) is 21.9 Å². The van der Waals surface area contributed by atoms with Gasteiger partial charge in [-0.15, -0.1) is 0 Å². The molecule has 0 aliphatic heterocycles. The lowest BCUT2D eigenvalue weighted by Gasteiger charge is -2.05. The molecule has 4 aromatic rings. The number of fused-ring (bicyclic) bond motifs is 1. The summed E-state index contributed by atoms with van der Waals surface area (Å²) in [5.41, 5.74) is 4.18. The number of nitrogens with one attached hydrogen (secondary N) is 1. The lowest BCUT2D eigenvalue weighted by Crippen LogP contribution is -2.25. The van der Waals surface area contributed by atoms with Gasteiger partial charge in [0.15, 0.2) is 0 Å². The van der Waals surface area contributed by atoms with E-state index in [-0.39, 0.29) is 5.91 Å². The lowest BCUT2D eigenvalue weighted by molar-refractivity contribution is -0.121. The normalized spacial score (nSPS) is 10.9. The van der Waals surface area contributed by atoms with E-state index in [0.29, 0.717) is 25.3 Å². The Balaban J connectivity index is 1.24. The van der Waals surface area contributed by atoms with Crippen LogP contribution in [0.5, 0.6) is 0 Å². The van der Waals surface area contributed by atoms with Gasteiger partial charge in [-0.05, 0) is 41.8 Å². The highest BCUT2D eigenvalue weighted by atomic mass is 16.3. The van der Waals surface area contributed by atoms with Gasteiger partial charge in [0.25, 0.3) is 0 Å². The Morgan fingerprint density at radius 3 is 2.59 bits per heavy atom. The van der Waals surface area contributed by atoms with Crippen molar-refractivity contribution in [3.05, 3.63) is 89.8 Å². The minimum Gasteiger partial charge on any atom is -0.444 e. The van der Waals surface area contributed by atoms with Crippen LogP contribution in [0.3, 0.4) is 0 Å². The van der Waals surface area contributed by atoms with Crippen molar-refractivity contribution in [3.8, 4) is 11.5 Å². The van der Waals surface area contributed by atoms with Crippen molar-refractivity contribution in [3.63, 3.8) is 0 Å². The van der Waals surface area contributed by atoms with Gasteiger partial charge in [-0.25, -0.2) is 4.98 Å². The molecule has 0 fully saturated rings. The number of carbonyl (C=O) groups is 1. The zero-order valence-corrected chi connectivity index (χ0v) is 16.5. The van der Waals surface area contributed by atoms with Crippen molar-refractivity contribution in [1.29, 1.82) is 0 Å². The van der Waals surface area contributed by atoms with Gasteiger partial charge >= 0.3 is 0 Å². The summed E-state index contributed by atoms with van der Waals surface area (Å²) in [5, 5.41) is 5.40. The van der Waals surface area contributed by atoms with Crippen LogP contribution in [-0.2, 0) is 17.6 Å². The second-order valence-corrected chi connectivity index (χ2v) is 7.29. The first-order valence-corrected chi connectivity index (χ1v) is 9.93. The zero-order valence-electron chi connectivity index (χ0n) is 16.5. The molecule has 3 aromatic carbocycles. The van der Waals surface area contributed by atoms with Crippen molar-refractivity contribution in [2.75, 3.05) is 6.54 Å². The van der Waals surface area contributed by atoms with Crippen LogP contribution in [0.4, 0.5) is 0 Å². The topological polar surface area (TPSA) is 55.1 Å². The first kappa shape index (κ1) is 18.9. The van der Waals surface area contributed by atoms with E-state index in [9.17, 15) is 4.79 Å². The van der Waals surface area contributed by atoms with Crippen molar-refractivity contribution in [2.45, 2.75) is 26.2 Å². The molecule has 0 bridgehead atoms. The highest BCUT2D eigenvalue weighted by Gasteiger charge is 2.08. The highest BCUT2D eigenvalue weighted by molar-refractivity contribution is 5.83. The first-order valence-electron chi connectivity index (χ1n) is 9.93. The van der Waals surface area contributed by atoms with Gasteiger partial charge in [0.2, 0.25) is 11.8 Å². The van der Waals surface area contributed by atoms with E-state index < -0.39 is 0 Å². The fourth-order valence-electron chi connectivity index (χ4n) is 3.32. The number of rotatable bonds is 7. The molecule has 0 atom stereocenters. The van der Waals surface area contributed by atoms with Crippen LogP contribution in [0.2, 0.25) is 0 Å². The number of hydrogen-bond donors (Lipinski definition) is 1. The minimum atomic E-state index is 0.0559. The van der Waals surface area contributed by atoms with Gasteiger partial charge < -0.3 is 9.73 Å². The average molecular weight is 384 g/mol. The Bertz CT molecular complexity index is 1110. The maximum atomic E-state index is 12.2. The van der Waals surface area contributed by atoms with Crippen LogP contribution in [-0.4, -0.2) is 17.4 Å². The molecular formula is C25H24N2O2. The monoisotopic (exact) mass is 384 g/mol. The lowest BCUT2D eigenvalue weighted by atomic mass is 10.0. The molecule has 0 radical (unpaired) electrons. The Labute approximate surface area is 170 Å². The third-order valence-electron chi connectivity index (χ3n) is 5.01. The Morgan fingerprint density at radius 2 is 1.76 bits per heavy atom. The number of nitrogens with zero attached hydrogens (tertiary/aromatic N) is 1. The van der Waals surface area contributed by atoms with E-state index >= 15 is 0 Å². The number of hydrogen-bond acceptors (Lipinski definition) is 3. The van der Waals surface area contributed by atoms with E-state index in [1.807, 2.05) is 43.3 Å². The Kier molecular flexibility index (Phi) is 5.71.